The SMILES string of the molecule is COc1ccc2nc3cc(Cl)ccc3c(NCCNCCNCCN)c2c1. The summed E-state index contributed by atoms with van der Waals surface area (Å²) in [6.07, 6.45) is 0. The van der Waals surface area contributed by atoms with Gasteiger partial charge in [0.05, 0.1) is 23.8 Å². The minimum Gasteiger partial charge on any atom is -0.497 e. The number of ether oxygens (including phenoxy) is 1. The van der Waals surface area contributed by atoms with Crippen LogP contribution in [0.3, 0.4) is 0 Å². The number of nitrogens with zero attached hydrogens (tertiary/aromatic N) is 1. The largest absolute Gasteiger partial charge is 0.497 e. The highest BCUT2D eigenvalue weighted by Crippen LogP contribution is 2.33. The fraction of sp³-hybridized carbons (Fsp3) is 0.350. The minimum atomic E-state index is 0.664. The molecule has 0 bridgehead atoms. The van der Waals surface area contributed by atoms with Crippen molar-refractivity contribution in [2.45, 2.75) is 0 Å². The summed E-state index contributed by atoms with van der Waals surface area (Å²) in [4.78, 5) is 4.75. The number of pyridine rings is 1. The highest BCUT2D eigenvalue weighted by molar-refractivity contribution is 6.31. The lowest BCUT2D eigenvalue weighted by atomic mass is 10.1. The van der Waals surface area contributed by atoms with Crippen molar-refractivity contribution in [1.82, 2.24) is 15.6 Å². The molecule has 5 N–H and O–H groups in total. The van der Waals surface area contributed by atoms with Crippen LogP contribution in [-0.4, -0.2) is 51.4 Å². The number of aromatic nitrogens is 1. The molecule has 2 aromatic carbocycles. The summed E-state index contributed by atoms with van der Waals surface area (Å²) in [5.74, 6) is 0.810. The highest BCUT2D eigenvalue weighted by Gasteiger charge is 2.10. The van der Waals surface area contributed by atoms with E-state index in [4.69, 9.17) is 27.1 Å². The number of rotatable bonds is 10. The van der Waals surface area contributed by atoms with E-state index in [1.807, 2.05) is 36.4 Å². The monoisotopic (exact) mass is 387 g/mol. The van der Waals surface area contributed by atoms with Crippen LogP contribution in [0.1, 0.15) is 0 Å². The molecule has 0 unspecified atom stereocenters. The van der Waals surface area contributed by atoms with E-state index >= 15 is 0 Å². The zero-order valence-electron chi connectivity index (χ0n) is 15.5. The molecule has 1 aromatic heterocycles. The molecule has 0 aliphatic rings. The molecule has 0 amide bonds. The molecular formula is C20H26ClN5O. The maximum absolute atomic E-state index is 6.16. The molecule has 1 heterocycles. The van der Waals surface area contributed by atoms with Gasteiger partial charge in [-0.25, -0.2) is 4.98 Å². The lowest BCUT2D eigenvalue weighted by molar-refractivity contribution is 0.415. The number of benzene rings is 2. The number of methoxy groups -OCH3 is 1. The first-order valence-corrected chi connectivity index (χ1v) is 9.53. The summed E-state index contributed by atoms with van der Waals surface area (Å²) in [5, 5.41) is 13.0. The molecule has 0 spiro atoms. The van der Waals surface area contributed by atoms with Gasteiger partial charge in [0.15, 0.2) is 0 Å². The second-order valence-corrected chi connectivity index (χ2v) is 6.68. The summed E-state index contributed by atoms with van der Waals surface area (Å²) >= 11 is 6.16. The second-order valence-electron chi connectivity index (χ2n) is 6.25. The lowest BCUT2D eigenvalue weighted by Gasteiger charge is -2.15. The fourth-order valence-electron chi connectivity index (χ4n) is 3.02. The third kappa shape index (κ3) is 4.99. The maximum atomic E-state index is 6.16. The number of hydrogen-bond acceptors (Lipinski definition) is 6. The van der Waals surface area contributed by atoms with E-state index in [0.29, 0.717) is 11.6 Å². The number of nitrogens with one attached hydrogen (secondary N) is 3. The van der Waals surface area contributed by atoms with Gasteiger partial charge < -0.3 is 26.4 Å². The number of nitrogens with two attached hydrogens (primary N) is 1. The molecule has 0 aliphatic carbocycles. The van der Waals surface area contributed by atoms with Gasteiger partial charge in [-0.1, -0.05) is 11.6 Å². The van der Waals surface area contributed by atoms with Crippen LogP contribution in [0, 0.1) is 0 Å². The van der Waals surface area contributed by atoms with Crippen molar-refractivity contribution in [1.29, 1.82) is 0 Å². The third-order valence-corrected chi connectivity index (χ3v) is 4.58. The van der Waals surface area contributed by atoms with Gasteiger partial charge in [0.2, 0.25) is 0 Å². The van der Waals surface area contributed by atoms with Crippen LogP contribution in [0.15, 0.2) is 36.4 Å². The second kappa shape index (κ2) is 9.71. The van der Waals surface area contributed by atoms with E-state index in [1.165, 1.54) is 0 Å². The van der Waals surface area contributed by atoms with Crippen molar-refractivity contribution in [2.75, 3.05) is 51.7 Å². The predicted molar refractivity (Wildman–Crippen MR) is 114 cm³/mol. The van der Waals surface area contributed by atoms with Gasteiger partial charge in [-0.15, -0.1) is 0 Å². The van der Waals surface area contributed by atoms with Crippen LogP contribution in [-0.2, 0) is 0 Å². The van der Waals surface area contributed by atoms with Crippen LogP contribution in [0.2, 0.25) is 5.02 Å². The summed E-state index contributed by atoms with van der Waals surface area (Å²) in [6, 6.07) is 11.7. The van der Waals surface area contributed by atoms with E-state index in [2.05, 4.69) is 16.0 Å². The van der Waals surface area contributed by atoms with Crippen LogP contribution in [0.4, 0.5) is 5.69 Å². The molecule has 27 heavy (non-hydrogen) atoms. The van der Waals surface area contributed by atoms with Crippen molar-refractivity contribution in [3.8, 4) is 5.75 Å². The third-order valence-electron chi connectivity index (χ3n) is 4.35. The molecule has 0 aliphatic heterocycles. The first-order chi connectivity index (χ1) is 13.2. The number of hydrogen-bond donors (Lipinski definition) is 4. The Labute approximate surface area is 164 Å². The molecule has 0 fully saturated rings. The normalized spacial score (nSPS) is 11.2. The Bertz CT molecular complexity index is 902. The van der Waals surface area contributed by atoms with Crippen molar-refractivity contribution >= 4 is 39.1 Å². The molecule has 144 valence electrons. The van der Waals surface area contributed by atoms with Gasteiger partial charge in [-0.05, 0) is 36.4 Å². The summed E-state index contributed by atoms with van der Waals surface area (Å²) in [7, 11) is 1.67. The Hall–Kier alpha value is -2.12. The number of fused-ring (bicyclic) bond motifs is 2. The van der Waals surface area contributed by atoms with E-state index < -0.39 is 0 Å². The standard InChI is InChI=1S/C20H26ClN5O/c1-27-15-3-5-18-17(13-15)20(16-4-2-14(21)12-19(16)26-18)25-11-10-24-9-8-23-7-6-22/h2-5,12-13,23-24H,6-11,22H2,1H3,(H,25,26). The van der Waals surface area contributed by atoms with Gasteiger partial charge in [0.25, 0.3) is 0 Å². The Morgan fingerprint density at radius 1 is 0.926 bits per heavy atom. The van der Waals surface area contributed by atoms with E-state index in [0.717, 1.165) is 66.0 Å². The maximum Gasteiger partial charge on any atom is 0.119 e. The van der Waals surface area contributed by atoms with Crippen LogP contribution in [0.5, 0.6) is 5.75 Å². The average Bonchev–Trinajstić information content (AvgIpc) is 2.68. The molecule has 0 atom stereocenters. The summed E-state index contributed by atoms with van der Waals surface area (Å²) in [6.45, 7) is 4.98. The topological polar surface area (TPSA) is 84.2 Å². The summed E-state index contributed by atoms with van der Waals surface area (Å²) in [5.41, 5.74) is 8.30. The number of anilines is 1. The molecule has 0 saturated carbocycles. The summed E-state index contributed by atoms with van der Waals surface area (Å²) < 4.78 is 5.39. The van der Waals surface area contributed by atoms with E-state index in [9.17, 15) is 0 Å². The predicted octanol–water partition coefficient (Wildman–Crippen LogP) is 2.60. The van der Waals surface area contributed by atoms with Gasteiger partial charge in [-0.2, -0.15) is 0 Å². The molecule has 7 heteroatoms. The smallest absolute Gasteiger partial charge is 0.119 e. The molecular weight excluding hydrogens is 362 g/mol. The van der Waals surface area contributed by atoms with Gasteiger partial charge >= 0.3 is 0 Å². The number of halogens is 1. The Balaban J connectivity index is 1.78. The van der Waals surface area contributed by atoms with Crippen molar-refractivity contribution in [2.24, 2.45) is 5.73 Å². The van der Waals surface area contributed by atoms with E-state index in [1.54, 1.807) is 7.11 Å². The Morgan fingerprint density at radius 3 is 2.48 bits per heavy atom. The minimum absolute atomic E-state index is 0.664. The highest BCUT2D eigenvalue weighted by atomic mass is 35.5. The van der Waals surface area contributed by atoms with Crippen LogP contribution >= 0.6 is 11.6 Å². The first kappa shape index (κ1) is 19.6. The fourth-order valence-corrected chi connectivity index (χ4v) is 3.18. The van der Waals surface area contributed by atoms with Crippen molar-refractivity contribution in [3.05, 3.63) is 41.4 Å². The Morgan fingerprint density at radius 2 is 1.70 bits per heavy atom. The molecule has 0 saturated heterocycles. The van der Waals surface area contributed by atoms with Crippen molar-refractivity contribution in [3.63, 3.8) is 0 Å². The molecule has 6 nitrogen and oxygen atoms in total. The first-order valence-electron chi connectivity index (χ1n) is 9.15. The quantitative estimate of drug-likeness (QED) is 0.316. The van der Waals surface area contributed by atoms with Crippen LogP contribution in [0.25, 0.3) is 21.8 Å². The van der Waals surface area contributed by atoms with Gasteiger partial charge in [0.1, 0.15) is 5.75 Å². The zero-order chi connectivity index (χ0) is 19.1. The molecule has 3 rings (SSSR count). The average molecular weight is 388 g/mol. The lowest BCUT2D eigenvalue weighted by Crippen LogP contribution is -2.32. The molecule has 3 aromatic rings. The van der Waals surface area contributed by atoms with Crippen molar-refractivity contribution < 1.29 is 4.74 Å². The van der Waals surface area contributed by atoms with Gasteiger partial charge in [-0.3, -0.25) is 0 Å². The Kier molecular flexibility index (Phi) is 7.06. The van der Waals surface area contributed by atoms with Crippen LogP contribution < -0.4 is 26.4 Å². The van der Waals surface area contributed by atoms with Gasteiger partial charge in [0, 0.05) is 55.1 Å². The van der Waals surface area contributed by atoms with E-state index in [-0.39, 0.29) is 0 Å². The molecule has 0 radical (unpaired) electrons. The zero-order valence-corrected chi connectivity index (χ0v) is 16.3.